The first-order valence-corrected chi connectivity index (χ1v) is 6.18. The highest BCUT2D eigenvalue weighted by atomic mass is 79.9. The second kappa shape index (κ2) is 4.99. The standard InChI is InChI=1S/C12H16BrNO/c1-14-7-6-9-8-10(13)2-5-12(9)15-11-3-4-11/h2,5,8,11,14H,3-4,6-7H2,1H3. The van der Waals surface area contributed by atoms with E-state index in [-0.39, 0.29) is 0 Å². The average molecular weight is 270 g/mol. The molecule has 2 nitrogen and oxygen atoms in total. The van der Waals surface area contributed by atoms with E-state index in [1.807, 2.05) is 13.1 Å². The molecule has 1 N–H and O–H groups in total. The Labute approximate surface area is 99.1 Å². The van der Waals surface area contributed by atoms with Gasteiger partial charge in [0.2, 0.25) is 0 Å². The average Bonchev–Trinajstić information content (AvgIpc) is 3.02. The second-order valence-electron chi connectivity index (χ2n) is 3.92. The lowest BCUT2D eigenvalue weighted by molar-refractivity contribution is 0.300. The van der Waals surface area contributed by atoms with Gasteiger partial charge in [-0.2, -0.15) is 0 Å². The monoisotopic (exact) mass is 269 g/mol. The van der Waals surface area contributed by atoms with Crippen molar-refractivity contribution >= 4 is 15.9 Å². The van der Waals surface area contributed by atoms with Crippen LogP contribution in [-0.2, 0) is 6.42 Å². The number of ether oxygens (including phenoxy) is 1. The van der Waals surface area contributed by atoms with Crippen LogP contribution in [0.4, 0.5) is 0 Å². The Morgan fingerprint density at radius 2 is 2.27 bits per heavy atom. The third-order valence-corrected chi connectivity index (χ3v) is 2.98. The lowest BCUT2D eigenvalue weighted by atomic mass is 10.1. The van der Waals surface area contributed by atoms with E-state index >= 15 is 0 Å². The first-order valence-electron chi connectivity index (χ1n) is 5.39. The fraction of sp³-hybridized carbons (Fsp3) is 0.500. The summed E-state index contributed by atoms with van der Waals surface area (Å²) in [5.74, 6) is 1.05. The molecule has 1 aromatic rings. The van der Waals surface area contributed by atoms with Crippen LogP contribution in [0.2, 0.25) is 0 Å². The number of hydrogen-bond acceptors (Lipinski definition) is 2. The fourth-order valence-electron chi connectivity index (χ4n) is 1.48. The largest absolute Gasteiger partial charge is 0.490 e. The lowest BCUT2D eigenvalue weighted by Crippen LogP contribution is -2.11. The minimum absolute atomic E-state index is 0.472. The third kappa shape index (κ3) is 3.21. The number of likely N-dealkylation sites (N-methyl/N-ethyl adjacent to an activating group) is 1. The molecule has 3 heteroatoms. The number of hydrogen-bond donors (Lipinski definition) is 1. The van der Waals surface area contributed by atoms with Crippen molar-refractivity contribution < 1.29 is 4.74 Å². The predicted octanol–water partition coefficient (Wildman–Crippen LogP) is 2.75. The van der Waals surface area contributed by atoms with Gasteiger partial charge in [-0.05, 0) is 56.6 Å². The van der Waals surface area contributed by atoms with Crippen molar-refractivity contribution in [3.8, 4) is 5.75 Å². The summed E-state index contributed by atoms with van der Waals surface area (Å²) in [5, 5.41) is 3.16. The van der Waals surface area contributed by atoms with Gasteiger partial charge in [0, 0.05) is 4.47 Å². The second-order valence-corrected chi connectivity index (χ2v) is 4.84. The Balaban J connectivity index is 2.10. The van der Waals surface area contributed by atoms with Crippen molar-refractivity contribution in [2.24, 2.45) is 0 Å². The zero-order chi connectivity index (χ0) is 10.7. The normalized spacial score (nSPS) is 15.3. The molecule has 0 unspecified atom stereocenters. The van der Waals surface area contributed by atoms with Gasteiger partial charge in [0.1, 0.15) is 5.75 Å². The van der Waals surface area contributed by atoms with E-state index in [4.69, 9.17) is 4.74 Å². The summed E-state index contributed by atoms with van der Waals surface area (Å²) in [5.41, 5.74) is 1.28. The van der Waals surface area contributed by atoms with Gasteiger partial charge in [0.15, 0.2) is 0 Å². The molecule has 0 aliphatic heterocycles. The highest BCUT2D eigenvalue weighted by Crippen LogP contribution is 2.30. The maximum absolute atomic E-state index is 5.86. The van der Waals surface area contributed by atoms with Crippen LogP contribution in [0.25, 0.3) is 0 Å². The highest BCUT2D eigenvalue weighted by molar-refractivity contribution is 9.10. The number of benzene rings is 1. The molecule has 15 heavy (non-hydrogen) atoms. The van der Waals surface area contributed by atoms with Crippen molar-refractivity contribution in [2.45, 2.75) is 25.4 Å². The third-order valence-electron chi connectivity index (χ3n) is 2.48. The molecule has 1 aliphatic rings. The van der Waals surface area contributed by atoms with Gasteiger partial charge >= 0.3 is 0 Å². The van der Waals surface area contributed by atoms with Crippen molar-refractivity contribution in [2.75, 3.05) is 13.6 Å². The molecule has 0 amide bonds. The number of rotatable bonds is 5. The smallest absolute Gasteiger partial charge is 0.123 e. The Morgan fingerprint density at radius 3 is 2.93 bits per heavy atom. The molecular weight excluding hydrogens is 254 g/mol. The van der Waals surface area contributed by atoms with E-state index < -0.39 is 0 Å². The van der Waals surface area contributed by atoms with E-state index in [0.29, 0.717) is 6.10 Å². The number of nitrogens with one attached hydrogen (secondary N) is 1. The molecule has 0 spiro atoms. The fourth-order valence-corrected chi connectivity index (χ4v) is 1.89. The van der Waals surface area contributed by atoms with E-state index in [9.17, 15) is 0 Å². The minimum Gasteiger partial charge on any atom is -0.490 e. The first-order chi connectivity index (χ1) is 7.29. The van der Waals surface area contributed by atoms with E-state index in [1.54, 1.807) is 0 Å². The Hall–Kier alpha value is -0.540. The minimum atomic E-state index is 0.472. The Bertz CT molecular complexity index is 336. The summed E-state index contributed by atoms with van der Waals surface area (Å²) in [4.78, 5) is 0. The van der Waals surface area contributed by atoms with Crippen LogP contribution >= 0.6 is 15.9 Å². The maximum Gasteiger partial charge on any atom is 0.123 e. The Kier molecular flexibility index (Phi) is 3.65. The summed E-state index contributed by atoms with van der Waals surface area (Å²) < 4.78 is 6.98. The van der Waals surface area contributed by atoms with Crippen LogP contribution in [0.3, 0.4) is 0 Å². The van der Waals surface area contributed by atoms with Crippen molar-refractivity contribution in [1.82, 2.24) is 5.32 Å². The van der Waals surface area contributed by atoms with Gasteiger partial charge in [0.25, 0.3) is 0 Å². The van der Waals surface area contributed by atoms with Crippen molar-refractivity contribution in [3.63, 3.8) is 0 Å². The van der Waals surface area contributed by atoms with Crippen LogP contribution in [0.1, 0.15) is 18.4 Å². The summed E-state index contributed by atoms with van der Waals surface area (Å²) in [6, 6.07) is 6.25. The zero-order valence-electron chi connectivity index (χ0n) is 8.92. The van der Waals surface area contributed by atoms with Crippen LogP contribution in [-0.4, -0.2) is 19.7 Å². The van der Waals surface area contributed by atoms with Gasteiger partial charge in [-0.1, -0.05) is 15.9 Å². The predicted molar refractivity (Wildman–Crippen MR) is 65.4 cm³/mol. The zero-order valence-corrected chi connectivity index (χ0v) is 10.5. The van der Waals surface area contributed by atoms with E-state index in [2.05, 4.69) is 33.4 Å². The Morgan fingerprint density at radius 1 is 1.47 bits per heavy atom. The highest BCUT2D eigenvalue weighted by Gasteiger charge is 2.24. The van der Waals surface area contributed by atoms with E-state index in [0.717, 1.165) is 23.2 Å². The van der Waals surface area contributed by atoms with Gasteiger partial charge in [0.05, 0.1) is 6.10 Å². The molecule has 82 valence electrons. The number of halogens is 1. The first kappa shape index (κ1) is 11.0. The molecule has 0 radical (unpaired) electrons. The molecule has 2 rings (SSSR count). The van der Waals surface area contributed by atoms with Gasteiger partial charge in [-0.3, -0.25) is 0 Å². The van der Waals surface area contributed by atoms with Crippen molar-refractivity contribution in [1.29, 1.82) is 0 Å². The van der Waals surface area contributed by atoms with Crippen LogP contribution < -0.4 is 10.1 Å². The maximum atomic E-state index is 5.86. The molecule has 0 bridgehead atoms. The SMILES string of the molecule is CNCCc1cc(Br)ccc1OC1CC1. The molecule has 1 saturated carbocycles. The van der Waals surface area contributed by atoms with Crippen LogP contribution in [0.15, 0.2) is 22.7 Å². The molecule has 1 fully saturated rings. The van der Waals surface area contributed by atoms with Crippen LogP contribution in [0, 0.1) is 0 Å². The summed E-state index contributed by atoms with van der Waals surface area (Å²) >= 11 is 3.49. The van der Waals surface area contributed by atoms with Gasteiger partial charge < -0.3 is 10.1 Å². The molecular formula is C12H16BrNO. The molecule has 1 aliphatic carbocycles. The quantitative estimate of drug-likeness (QED) is 0.888. The van der Waals surface area contributed by atoms with Gasteiger partial charge in [-0.15, -0.1) is 0 Å². The van der Waals surface area contributed by atoms with Gasteiger partial charge in [-0.25, -0.2) is 0 Å². The van der Waals surface area contributed by atoms with E-state index in [1.165, 1.54) is 18.4 Å². The van der Waals surface area contributed by atoms with Crippen LogP contribution in [0.5, 0.6) is 5.75 Å². The summed E-state index contributed by atoms with van der Waals surface area (Å²) in [6.07, 6.45) is 3.90. The molecule has 0 aromatic heterocycles. The molecule has 0 saturated heterocycles. The topological polar surface area (TPSA) is 21.3 Å². The summed E-state index contributed by atoms with van der Waals surface area (Å²) in [6.45, 7) is 0.984. The lowest BCUT2D eigenvalue weighted by Gasteiger charge is -2.11. The summed E-state index contributed by atoms with van der Waals surface area (Å²) in [7, 11) is 1.97. The molecule has 0 heterocycles. The van der Waals surface area contributed by atoms with Crippen molar-refractivity contribution in [3.05, 3.63) is 28.2 Å². The molecule has 1 aromatic carbocycles. The molecule has 0 atom stereocenters.